The first kappa shape index (κ1) is 20.2. The largest absolute Gasteiger partial charge is 0.493 e. The second kappa shape index (κ2) is 9.51. The molecule has 6 nitrogen and oxygen atoms in total. The summed E-state index contributed by atoms with van der Waals surface area (Å²) < 4.78 is 27.3. The minimum Gasteiger partial charge on any atom is -0.493 e. The molecule has 140 valence electrons. The summed E-state index contributed by atoms with van der Waals surface area (Å²) in [6.45, 7) is 0.156. The predicted molar refractivity (Wildman–Crippen MR) is 105 cm³/mol. The summed E-state index contributed by atoms with van der Waals surface area (Å²) in [7, 11) is 6.27. The Morgan fingerprint density at radius 2 is 1.42 bits per heavy atom. The Labute approximate surface area is 166 Å². The van der Waals surface area contributed by atoms with Crippen molar-refractivity contribution in [1.82, 2.24) is 0 Å². The highest BCUT2D eigenvalue weighted by Crippen LogP contribution is 2.32. The standard InChI is InChI=1S/C19H21IO6/c1-22-15-6-5-12(7-16(15)23-2)11-26-19(21)9-13-8-17(24-3)18(25-4)10-14(13)20/h5-8,10H,9,11H2,1-4H3. The highest BCUT2D eigenvalue weighted by atomic mass is 127. The maximum absolute atomic E-state index is 12.2. The smallest absolute Gasteiger partial charge is 0.310 e. The summed E-state index contributed by atoms with van der Waals surface area (Å²) in [5.74, 6) is 2.10. The number of carbonyl (C=O) groups excluding carboxylic acids is 1. The van der Waals surface area contributed by atoms with Gasteiger partial charge in [-0.25, -0.2) is 0 Å². The third kappa shape index (κ3) is 4.94. The fourth-order valence-electron chi connectivity index (χ4n) is 2.37. The first-order chi connectivity index (χ1) is 12.5. The number of halogens is 1. The second-order valence-corrected chi connectivity index (χ2v) is 6.49. The third-order valence-corrected chi connectivity index (χ3v) is 4.74. The second-order valence-electron chi connectivity index (χ2n) is 5.33. The molecule has 0 bridgehead atoms. The average molecular weight is 472 g/mol. The molecule has 0 fully saturated rings. The number of carbonyl (C=O) groups is 1. The molecule has 0 aromatic heterocycles. The van der Waals surface area contributed by atoms with Crippen LogP contribution in [0.5, 0.6) is 23.0 Å². The Morgan fingerprint density at radius 3 is 2.04 bits per heavy atom. The lowest BCUT2D eigenvalue weighted by molar-refractivity contribution is -0.144. The van der Waals surface area contributed by atoms with E-state index in [2.05, 4.69) is 22.6 Å². The van der Waals surface area contributed by atoms with Crippen LogP contribution in [0.4, 0.5) is 0 Å². The van der Waals surface area contributed by atoms with Crippen LogP contribution in [-0.4, -0.2) is 34.4 Å². The average Bonchev–Trinajstić information content (AvgIpc) is 2.67. The number of ether oxygens (including phenoxy) is 5. The molecule has 0 unspecified atom stereocenters. The lowest BCUT2D eigenvalue weighted by Gasteiger charge is -2.12. The minimum atomic E-state index is -0.329. The number of methoxy groups -OCH3 is 4. The van der Waals surface area contributed by atoms with Gasteiger partial charge in [-0.05, 0) is 58.0 Å². The van der Waals surface area contributed by atoms with Crippen molar-refractivity contribution in [3.05, 3.63) is 45.0 Å². The molecule has 0 aliphatic rings. The Kier molecular flexibility index (Phi) is 7.38. The summed E-state index contributed by atoms with van der Waals surface area (Å²) in [6.07, 6.45) is 0.145. The van der Waals surface area contributed by atoms with Crippen LogP contribution in [0.1, 0.15) is 11.1 Å². The van der Waals surface area contributed by atoms with Gasteiger partial charge in [-0.15, -0.1) is 0 Å². The summed E-state index contributed by atoms with van der Waals surface area (Å²) >= 11 is 2.16. The number of rotatable bonds is 8. The molecule has 0 radical (unpaired) electrons. The molecule has 0 amide bonds. The van der Waals surface area contributed by atoms with Crippen LogP contribution in [0.3, 0.4) is 0 Å². The van der Waals surface area contributed by atoms with E-state index in [0.717, 1.165) is 14.7 Å². The van der Waals surface area contributed by atoms with E-state index in [0.29, 0.717) is 23.0 Å². The van der Waals surface area contributed by atoms with E-state index in [1.807, 2.05) is 12.1 Å². The van der Waals surface area contributed by atoms with Crippen molar-refractivity contribution in [3.63, 3.8) is 0 Å². The molecule has 0 aliphatic heterocycles. The molecule has 2 aromatic rings. The Hall–Kier alpha value is -2.16. The van der Waals surface area contributed by atoms with Crippen LogP contribution in [0.25, 0.3) is 0 Å². The van der Waals surface area contributed by atoms with Gasteiger partial charge in [-0.3, -0.25) is 4.79 Å². The molecule has 0 saturated carbocycles. The number of hydrogen-bond acceptors (Lipinski definition) is 6. The Bertz CT molecular complexity index is 775. The molecule has 0 atom stereocenters. The van der Waals surface area contributed by atoms with Crippen LogP contribution >= 0.6 is 22.6 Å². The molecule has 26 heavy (non-hydrogen) atoms. The molecule has 0 spiro atoms. The van der Waals surface area contributed by atoms with E-state index in [4.69, 9.17) is 23.7 Å². The van der Waals surface area contributed by atoms with Crippen LogP contribution in [0.2, 0.25) is 0 Å². The highest BCUT2D eigenvalue weighted by Gasteiger charge is 2.14. The van der Waals surface area contributed by atoms with E-state index < -0.39 is 0 Å². The Morgan fingerprint density at radius 1 is 0.846 bits per heavy atom. The van der Waals surface area contributed by atoms with E-state index >= 15 is 0 Å². The number of hydrogen-bond donors (Lipinski definition) is 0. The molecule has 2 rings (SSSR count). The van der Waals surface area contributed by atoms with E-state index in [1.165, 1.54) is 0 Å². The molecule has 0 N–H and O–H groups in total. The van der Waals surface area contributed by atoms with Gasteiger partial charge in [0.25, 0.3) is 0 Å². The normalized spacial score (nSPS) is 10.2. The maximum atomic E-state index is 12.2. The molecule has 0 saturated heterocycles. The lowest BCUT2D eigenvalue weighted by atomic mass is 10.1. The summed E-state index contributed by atoms with van der Waals surface area (Å²) in [5.41, 5.74) is 1.64. The zero-order valence-electron chi connectivity index (χ0n) is 15.1. The van der Waals surface area contributed by atoms with Crippen molar-refractivity contribution in [1.29, 1.82) is 0 Å². The van der Waals surface area contributed by atoms with Crippen molar-refractivity contribution >= 4 is 28.6 Å². The van der Waals surface area contributed by atoms with Crippen LogP contribution < -0.4 is 18.9 Å². The van der Waals surface area contributed by atoms with Crippen molar-refractivity contribution in [3.8, 4) is 23.0 Å². The van der Waals surface area contributed by atoms with Crippen LogP contribution in [0, 0.1) is 3.57 Å². The monoisotopic (exact) mass is 472 g/mol. The maximum Gasteiger partial charge on any atom is 0.310 e. The van der Waals surface area contributed by atoms with Gasteiger partial charge in [0.1, 0.15) is 6.61 Å². The SMILES string of the molecule is COc1ccc(COC(=O)Cc2cc(OC)c(OC)cc2I)cc1OC. The van der Waals surface area contributed by atoms with E-state index in [9.17, 15) is 4.79 Å². The van der Waals surface area contributed by atoms with Crippen LogP contribution in [-0.2, 0) is 22.6 Å². The molecule has 2 aromatic carbocycles. The zero-order chi connectivity index (χ0) is 19.1. The minimum absolute atomic E-state index is 0.145. The van der Waals surface area contributed by atoms with Crippen molar-refractivity contribution in [2.24, 2.45) is 0 Å². The molecule has 0 aliphatic carbocycles. The van der Waals surface area contributed by atoms with Gasteiger partial charge < -0.3 is 23.7 Å². The van der Waals surface area contributed by atoms with Crippen LogP contribution in [0.15, 0.2) is 30.3 Å². The van der Waals surface area contributed by atoms with Gasteiger partial charge >= 0.3 is 5.97 Å². The molecular formula is C19H21IO6. The fraction of sp³-hybridized carbons (Fsp3) is 0.316. The quantitative estimate of drug-likeness (QED) is 0.432. The van der Waals surface area contributed by atoms with Gasteiger partial charge in [0.2, 0.25) is 0 Å². The van der Waals surface area contributed by atoms with Gasteiger partial charge in [-0.2, -0.15) is 0 Å². The summed E-state index contributed by atoms with van der Waals surface area (Å²) in [4.78, 5) is 12.2. The third-order valence-electron chi connectivity index (χ3n) is 3.74. The first-order valence-electron chi connectivity index (χ1n) is 7.79. The number of benzene rings is 2. The van der Waals surface area contributed by atoms with E-state index in [1.54, 1.807) is 46.6 Å². The summed E-state index contributed by atoms with van der Waals surface area (Å²) in [6, 6.07) is 9.01. The van der Waals surface area contributed by atoms with Gasteiger partial charge in [0.05, 0.1) is 34.9 Å². The fourth-order valence-corrected chi connectivity index (χ4v) is 3.00. The topological polar surface area (TPSA) is 63.2 Å². The van der Waals surface area contributed by atoms with Gasteiger partial charge in [-0.1, -0.05) is 6.07 Å². The van der Waals surface area contributed by atoms with Gasteiger partial charge in [0.15, 0.2) is 23.0 Å². The highest BCUT2D eigenvalue weighted by molar-refractivity contribution is 14.1. The first-order valence-corrected chi connectivity index (χ1v) is 8.87. The van der Waals surface area contributed by atoms with Crippen molar-refractivity contribution < 1.29 is 28.5 Å². The van der Waals surface area contributed by atoms with Crippen molar-refractivity contribution in [2.45, 2.75) is 13.0 Å². The molecule has 7 heteroatoms. The van der Waals surface area contributed by atoms with E-state index in [-0.39, 0.29) is 19.0 Å². The zero-order valence-corrected chi connectivity index (χ0v) is 17.3. The van der Waals surface area contributed by atoms with Crippen molar-refractivity contribution in [2.75, 3.05) is 28.4 Å². The Balaban J connectivity index is 2.03. The number of esters is 1. The molecule has 0 heterocycles. The predicted octanol–water partition coefficient (Wildman–Crippen LogP) is 3.61. The summed E-state index contributed by atoms with van der Waals surface area (Å²) in [5, 5.41) is 0. The van der Waals surface area contributed by atoms with Gasteiger partial charge in [0, 0.05) is 3.57 Å². The molecular weight excluding hydrogens is 451 g/mol. The lowest BCUT2D eigenvalue weighted by Crippen LogP contribution is -2.09.